The van der Waals surface area contributed by atoms with Crippen LogP contribution in [0.2, 0.25) is 0 Å². The van der Waals surface area contributed by atoms with Crippen molar-refractivity contribution < 1.29 is 9.84 Å². The summed E-state index contributed by atoms with van der Waals surface area (Å²) in [5, 5.41) is 14.7. The molecule has 0 saturated carbocycles. The van der Waals surface area contributed by atoms with Crippen LogP contribution in [0.4, 0.5) is 0 Å². The summed E-state index contributed by atoms with van der Waals surface area (Å²) in [5.41, 5.74) is 2.41. The van der Waals surface area contributed by atoms with Crippen molar-refractivity contribution >= 4 is 0 Å². The summed E-state index contributed by atoms with van der Waals surface area (Å²) in [5.74, 6) is 0.718. The minimum atomic E-state index is -0.707. The number of ether oxygens (including phenoxy) is 1. The molecule has 18 heavy (non-hydrogen) atoms. The van der Waals surface area contributed by atoms with E-state index in [4.69, 9.17) is 4.74 Å². The third kappa shape index (κ3) is 2.38. The summed E-state index contributed by atoms with van der Waals surface area (Å²) in [7, 11) is 1.84. The number of aliphatic hydroxyl groups is 1. The molecule has 0 radical (unpaired) electrons. The third-order valence-electron chi connectivity index (χ3n) is 2.86. The van der Waals surface area contributed by atoms with Crippen molar-refractivity contribution in [1.29, 1.82) is 0 Å². The molecule has 0 aliphatic rings. The molecule has 96 valence electrons. The minimum absolute atomic E-state index is 0.579. The maximum atomic E-state index is 10.5. The molecule has 4 heteroatoms. The topological polar surface area (TPSA) is 47.3 Å². The van der Waals surface area contributed by atoms with Gasteiger partial charge in [-0.05, 0) is 19.9 Å². The van der Waals surface area contributed by atoms with Gasteiger partial charge in [0.2, 0.25) is 0 Å². The Morgan fingerprint density at radius 1 is 1.33 bits per heavy atom. The predicted octanol–water partition coefficient (Wildman–Crippen LogP) is 2.21. The number of hydrogen-bond acceptors (Lipinski definition) is 3. The number of nitrogens with zero attached hydrogens (tertiary/aromatic N) is 2. The van der Waals surface area contributed by atoms with Gasteiger partial charge in [0.15, 0.2) is 0 Å². The maximum Gasteiger partial charge on any atom is 0.125 e. The van der Waals surface area contributed by atoms with Gasteiger partial charge in [-0.3, -0.25) is 4.68 Å². The van der Waals surface area contributed by atoms with Crippen molar-refractivity contribution in [1.82, 2.24) is 9.78 Å². The summed E-state index contributed by atoms with van der Waals surface area (Å²) < 4.78 is 7.24. The fourth-order valence-electron chi connectivity index (χ4n) is 2.05. The van der Waals surface area contributed by atoms with Crippen LogP contribution >= 0.6 is 0 Å². The Hall–Kier alpha value is -1.81. The van der Waals surface area contributed by atoms with Crippen molar-refractivity contribution in [2.24, 2.45) is 7.05 Å². The Bertz CT molecular complexity index is 534. The first-order chi connectivity index (χ1) is 8.63. The lowest BCUT2D eigenvalue weighted by atomic mass is 10.0. The quantitative estimate of drug-likeness (QED) is 0.899. The van der Waals surface area contributed by atoms with Gasteiger partial charge >= 0.3 is 0 Å². The van der Waals surface area contributed by atoms with E-state index in [1.807, 2.05) is 51.4 Å². The van der Waals surface area contributed by atoms with Crippen LogP contribution in [0.1, 0.15) is 29.8 Å². The van der Waals surface area contributed by atoms with Crippen LogP contribution in [0.5, 0.6) is 5.75 Å². The number of rotatable bonds is 4. The van der Waals surface area contributed by atoms with E-state index in [1.165, 1.54) is 0 Å². The molecule has 2 rings (SSSR count). The molecule has 0 aliphatic carbocycles. The molecule has 1 unspecified atom stereocenters. The van der Waals surface area contributed by atoms with Crippen LogP contribution < -0.4 is 4.74 Å². The Labute approximate surface area is 107 Å². The Morgan fingerprint density at radius 3 is 2.67 bits per heavy atom. The molecule has 2 aromatic rings. The molecule has 0 bridgehead atoms. The first kappa shape index (κ1) is 12.6. The summed E-state index contributed by atoms with van der Waals surface area (Å²) in [6, 6.07) is 7.54. The summed E-state index contributed by atoms with van der Waals surface area (Å²) in [6.07, 6.45) is 1.13. The third-order valence-corrected chi connectivity index (χ3v) is 2.86. The molecule has 1 aromatic carbocycles. The van der Waals surface area contributed by atoms with Crippen molar-refractivity contribution in [3.63, 3.8) is 0 Å². The number of aromatic nitrogens is 2. The van der Waals surface area contributed by atoms with E-state index in [-0.39, 0.29) is 0 Å². The van der Waals surface area contributed by atoms with Crippen molar-refractivity contribution in [2.75, 3.05) is 6.61 Å². The lowest BCUT2D eigenvalue weighted by Crippen LogP contribution is -2.04. The zero-order valence-corrected chi connectivity index (χ0v) is 10.9. The number of para-hydroxylation sites is 1. The molecule has 1 heterocycles. The number of aryl methyl sites for hydroxylation is 2. The van der Waals surface area contributed by atoms with E-state index in [0.717, 1.165) is 22.6 Å². The second kappa shape index (κ2) is 5.23. The highest BCUT2D eigenvalue weighted by Crippen LogP contribution is 2.30. The van der Waals surface area contributed by atoms with Gasteiger partial charge in [0, 0.05) is 24.4 Å². The molecule has 0 spiro atoms. The second-order valence-corrected chi connectivity index (χ2v) is 4.22. The van der Waals surface area contributed by atoms with Gasteiger partial charge in [-0.25, -0.2) is 0 Å². The zero-order chi connectivity index (χ0) is 13.1. The highest BCUT2D eigenvalue weighted by molar-refractivity contribution is 5.40. The van der Waals surface area contributed by atoms with Gasteiger partial charge in [0.05, 0.1) is 12.3 Å². The Balaban J connectivity index is 2.39. The maximum absolute atomic E-state index is 10.5. The lowest BCUT2D eigenvalue weighted by Gasteiger charge is -2.15. The standard InChI is InChI=1S/C14H18N2O2/c1-4-18-13-8-6-5-7-11(13)14(17)12-9-16(3)15-10(12)2/h5-9,14,17H,4H2,1-3H3. The number of hydrogen-bond donors (Lipinski definition) is 1. The van der Waals surface area contributed by atoms with Gasteiger partial charge in [-0.1, -0.05) is 18.2 Å². The largest absolute Gasteiger partial charge is 0.493 e. The minimum Gasteiger partial charge on any atom is -0.493 e. The van der Waals surface area contributed by atoms with E-state index in [9.17, 15) is 5.11 Å². The van der Waals surface area contributed by atoms with E-state index in [2.05, 4.69) is 5.10 Å². The predicted molar refractivity (Wildman–Crippen MR) is 69.6 cm³/mol. The normalized spacial score (nSPS) is 12.4. The molecule has 1 aromatic heterocycles. The van der Waals surface area contributed by atoms with E-state index >= 15 is 0 Å². The average Bonchev–Trinajstić information content (AvgIpc) is 2.69. The van der Waals surface area contributed by atoms with E-state index in [0.29, 0.717) is 6.61 Å². The van der Waals surface area contributed by atoms with Crippen LogP contribution in [-0.4, -0.2) is 21.5 Å². The van der Waals surface area contributed by atoms with E-state index < -0.39 is 6.10 Å². The summed E-state index contributed by atoms with van der Waals surface area (Å²) in [6.45, 7) is 4.40. The second-order valence-electron chi connectivity index (χ2n) is 4.22. The lowest BCUT2D eigenvalue weighted by molar-refractivity contribution is 0.211. The van der Waals surface area contributed by atoms with Gasteiger partial charge in [0.1, 0.15) is 11.9 Å². The average molecular weight is 246 g/mol. The molecule has 0 fully saturated rings. The molecular formula is C14H18N2O2. The van der Waals surface area contributed by atoms with Crippen LogP contribution in [0.3, 0.4) is 0 Å². The highest BCUT2D eigenvalue weighted by Gasteiger charge is 2.19. The molecule has 1 atom stereocenters. The monoisotopic (exact) mass is 246 g/mol. The Kier molecular flexibility index (Phi) is 3.67. The van der Waals surface area contributed by atoms with Gasteiger partial charge in [-0.2, -0.15) is 5.10 Å². The van der Waals surface area contributed by atoms with Crippen molar-refractivity contribution in [2.45, 2.75) is 20.0 Å². The fourth-order valence-corrected chi connectivity index (χ4v) is 2.05. The van der Waals surface area contributed by atoms with Crippen LogP contribution in [0, 0.1) is 6.92 Å². The van der Waals surface area contributed by atoms with Crippen LogP contribution in [0.15, 0.2) is 30.5 Å². The molecular weight excluding hydrogens is 228 g/mol. The fraction of sp³-hybridized carbons (Fsp3) is 0.357. The SMILES string of the molecule is CCOc1ccccc1C(O)c1cn(C)nc1C. The summed E-state index contributed by atoms with van der Waals surface area (Å²) >= 11 is 0. The number of benzene rings is 1. The molecule has 0 amide bonds. The van der Waals surface area contributed by atoms with E-state index in [1.54, 1.807) is 4.68 Å². The number of aliphatic hydroxyl groups excluding tert-OH is 1. The first-order valence-corrected chi connectivity index (χ1v) is 6.03. The van der Waals surface area contributed by atoms with Crippen LogP contribution in [0.25, 0.3) is 0 Å². The first-order valence-electron chi connectivity index (χ1n) is 6.03. The smallest absolute Gasteiger partial charge is 0.125 e. The van der Waals surface area contributed by atoms with Gasteiger partial charge in [0.25, 0.3) is 0 Å². The molecule has 0 saturated heterocycles. The van der Waals surface area contributed by atoms with Gasteiger partial charge < -0.3 is 9.84 Å². The van der Waals surface area contributed by atoms with Crippen molar-refractivity contribution in [3.8, 4) is 5.75 Å². The Morgan fingerprint density at radius 2 is 2.06 bits per heavy atom. The van der Waals surface area contributed by atoms with Crippen molar-refractivity contribution in [3.05, 3.63) is 47.3 Å². The molecule has 4 nitrogen and oxygen atoms in total. The van der Waals surface area contributed by atoms with Crippen LogP contribution in [-0.2, 0) is 7.05 Å². The highest BCUT2D eigenvalue weighted by atomic mass is 16.5. The molecule has 0 aliphatic heterocycles. The summed E-state index contributed by atoms with van der Waals surface area (Å²) in [4.78, 5) is 0. The zero-order valence-electron chi connectivity index (χ0n) is 10.9. The van der Waals surface area contributed by atoms with Gasteiger partial charge in [-0.15, -0.1) is 0 Å². The molecule has 1 N–H and O–H groups in total.